The maximum Gasteiger partial charge on any atom is 0.254 e. The molecule has 3 aromatic rings. The van der Waals surface area contributed by atoms with Crippen LogP contribution < -0.4 is 4.90 Å². The van der Waals surface area contributed by atoms with Crippen molar-refractivity contribution in [3.63, 3.8) is 0 Å². The molecule has 0 atom stereocenters. The zero-order valence-corrected chi connectivity index (χ0v) is 12.9. The lowest BCUT2D eigenvalue weighted by Gasteiger charge is -2.48. The first-order valence-corrected chi connectivity index (χ1v) is 7.38. The lowest BCUT2D eigenvalue weighted by molar-refractivity contribution is 0.00669. The minimum atomic E-state index is -0.982. The third-order valence-electron chi connectivity index (χ3n) is 4.46. The van der Waals surface area contributed by atoms with Crippen LogP contribution in [0.1, 0.15) is 16.8 Å². The molecule has 0 unspecified atom stereocenters. The summed E-state index contributed by atoms with van der Waals surface area (Å²) in [6, 6.07) is 5.99. The zero-order chi connectivity index (χ0) is 16.2. The van der Waals surface area contributed by atoms with Gasteiger partial charge in [0.2, 0.25) is 0 Å². The second-order valence-corrected chi connectivity index (χ2v) is 6.01. The van der Waals surface area contributed by atoms with E-state index in [1.165, 1.54) is 18.5 Å². The number of aliphatic hydroxyl groups is 1. The number of aryl methyl sites for hydroxylation is 1. The van der Waals surface area contributed by atoms with Gasteiger partial charge in [0.15, 0.2) is 0 Å². The molecular formula is C16H16FN5O. The predicted octanol–water partition coefficient (Wildman–Crippen LogP) is 1.59. The minimum absolute atomic E-state index is 0.307. The lowest BCUT2D eigenvalue weighted by Crippen LogP contribution is -2.60. The first-order valence-electron chi connectivity index (χ1n) is 7.38. The largest absolute Gasteiger partial charge is 0.381 e. The Bertz CT molecular complexity index is 883. The number of hydrogen-bond acceptors (Lipinski definition) is 5. The van der Waals surface area contributed by atoms with Gasteiger partial charge < -0.3 is 10.0 Å². The molecule has 23 heavy (non-hydrogen) atoms. The second kappa shape index (κ2) is 4.73. The van der Waals surface area contributed by atoms with Crippen LogP contribution >= 0.6 is 0 Å². The Hall–Kier alpha value is -2.54. The number of fused-ring (bicyclic) bond motifs is 1. The van der Waals surface area contributed by atoms with Crippen LogP contribution in [0.4, 0.5) is 10.2 Å². The average molecular weight is 313 g/mol. The summed E-state index contributed by atoms with van der Waals surface area (Å²) in [6.45, 7) is 4.74. The van der Waals surface area contributed by atoms with E-state index in [2.05, 4.69) is 15.1 Å². The number of benzene rings is 1. The van der Waals surface area contributed by atoms with Gasteiger partial charge in [0, 0.05) is 11.3 Å². The highest BCUT2D eigenvalue weighted by Gasteiger charge is 2.44. The monoisotopic (exact) mass is 313 g/mol. The van der Waals surface area contributed by atoms with Crippen LogP contribution in [0, 0.1) is 19.7 Å². The van der Waals surface area contributed by atoms with Crippen molar-refractivity contribution in [3.05, 3.63) is 53.2 Å². The van der Waals surface area contributed by atoms with Gasteiger partial charge in [-0.1, -0.05) is 12.1 Å². The van der Waals surface area contributed by atoms with Gasteiger partial charge in [0.25, 0.3) is 5.78 Å². The van der Waals surface area contributed by atoms with Crippen LogP contribution in [-0.4, -0.2) is 37.8 Å². The van der Waals surface area contributed by atoms with E-state index in [0.29, 0.717) is 24.4 Å². The number of rotatable bonds is 2. The molecule has 0 radical (unpaired) electrons. The molecule has 0 spiro atoms. The van der Waals surface area contributed by atoms with Gasteiger partial charge in [-0.3, -0.25) is 0 Å². The smallest absolute Gasteiger partial charge is 0.254 e. The predicted molar refractivity (Wildman–Crippen MR) is 82.8 cm³/mol. The van der Waals surface area contributed by atoms with Crippen molar-refractivity contribution >= 4 is 11.6 Å². The fraction of sp³-hybridized carbons (Fsp3) is 0.312. The van der Waals surface area contributed by atoms with Crippen LogP contribution in [-0.2, 0) is 5.60 Å². The van der Waals surface area contributed by atoms with Crippen molar-refractivity contribution in [1.82, 2.24) is 19.6 Å². The van der Waals surface area contributed by atoms with Gasteiger partial charge in [0.05, 0.1) is 13.1 Å². The molecule has 1 aliphatic rings. The first-order chi connectivity index (χ1) is 11.0. The third-order valence-corrected chi connectivity index (χ3v) is 4.46. The molecule has 0 saturated carbocycles. The Labute approximate surface area is 132 Å². The molecule has 0 amide bonds. The number of hydrogen-bond donors (Lipinski definition) is 1. The highest BCUT2D eigenvalue weighted by molar-refractivity contribution is 5.57. The molecule has 6 nitrogen and oxygen atoms in total. The molecule has 4 rings (SSSR count). The Balaban J connectivity index is 1.69. The van der Waals surface area contributed by atoms with E-state index in [1.807, 2.05) is 18.7 Å². The molecule has 1 N–H and O–H groups in total. The lowest BCUT2D eigenvalue weighted by atomic mass is 9.86. The fourth-order valence-corrected chi connectivity index (χ4v) is 3.06. The van der Waals surface area contributed by atoms with E-state index < -0.39 is 5.60 Å². The molecule has 1 aromatic carbocycles. The Morgan fingerprint density at radius 1 is 1.17 bits per heavy atom. The summed E-state index contributed by atoms with van der Waals surface area (Å²) in [4.78, 5) is 10.6. The van der Waals surface area contributed by atoms with Gasteiger partial charge in [-0.15, -0.1) is 0 Å². The van der Waals surface area contributed by atoms with E-state index in [-0.39, 0.29) is 5.82 Å². The van der Waals surface area contributed by atoms with Gasteiger partial charge in [-0.2, -0.15) is 14.6 Å². The quantitative estimate of drug-likeness (QED) is 0.778. The summed E-state index contributed by atoms with van der Waals surface area (Å²) in [6.07, 6.45) is 1.47. The van der Waals surface area contributed by atoms with Crippen LogP contribution in [0.15, 0.2) is 30.6 Å². The molecule has 7 heteroatoms. The molecule has 118 valence electrons. The Kier molecular flexibility index (Phi) is 2.89. The number of nitrogens with zero attached hydrogens (tertiary/aromatic N) is 5. The number of anilines is 1. The summed E-state index contributed by atoms with van der Waals surface area (Å²) < 4.78 is 14.7. The molecule has 0 aliphatic carbocycles. The summed E-state index contributed by atoms with van der Waals surface area (Å²) in [5.41, 5.74) is 1.62. The fourth-order valence-electron chi connectivity index (χ4n) is 3.06. The van der Waals surface area contributed by atoms with Crippen LogP contribution in [0.25, 0.3) is 5.78 Å². The van der Waals surface area contributed by atoms with Crippen LogP contribution in [0.3, 0.4) is 0 Å². The maximum absolute atomic E-state index is 13.1. The summed E-state index contributed by atoms with van der Waals surface area (Å²) >= 11 is 0. The molecule has 2 aromatic heterocycles. The van der Waals surface area contributed by atoms with E-state index in [4.69, 9.17) is 0 Å². The van der Waals surface area contributed by atoms with Gasteiger partial charge in [0.1, 0.15) is 23.6 Å². The minimum Gasteiger partial charge on any atom is -0.381 e. The summed E-state index contributed by atoms with van der Waals surface area (Å²) in [7, 11) is 0. The number of aromatic nitrogens is 4. The molecule has 1 aliphatic heterocycles. The van der Waals surface area contributed by atoms with Crippen molar-refractivity contribution in [2.24, 2.45) is 0 Å². The van der Waals surface area contributed by atoms with Crippen LogP contribution in [0.2, 0.25) is 0 Å². The van der Waals surface area contributed by atoms with Crippen molar-refractivity contribution in [3.8, 4) is 0 Å². The Morgan fingerprint density at radius 3 is 2.57 bits per heavy atom. The molecule has 1 saturated heterocycles. The molecule has 1 fully saturated rings. The second-order valence-electron chi connectivity index (χ2n) is 6.01. The highest BCUT2D eigenvalue weighted by atomic mass is 19.1. The van der Waals surface area contributed by atoms with Crippen molar-refractivity contribution in [1.29, 1.82) is 0 Å². The standard InChI is InChI=1S/C16H16FN5O/c1-10-11(2)20-15-18-9-19-22(15)14(10)21-7-16(23,8-21)12-3-5-13(17)6-4-12/h3-6,9,23H,7-8H2,1-2H3. The van der Waals surface area contributed by atoms with Crippen molar-refractivity contribution in [2.45, 2.75) is 19.4 Å². The van der Waals surface area contributed by atoms with Gasteiger partial charge in [-0.05, 0) is 31.5 Å². The van der Waals surface area contributed by atoms with Crippen molar-refractivity contribution in [2.75, 3.05) is 18.0 Å². The van der Waals surface area contributed by atoms with E-state index >= 15 is 0 Å². The molecule has 0 bridgehead atoms. The maximum atomic E-state index is 13.1. The highest BCUT2D eigenvalue weighted by Crippen LogP contribution is 2.37. The first kappa shape index (κ1) is 14.1. The molecule has 3 heterocycles. The zero-order valence-electron chi connectivity index (χ0n) is 12.9. The Morgan fingerprint density at radius 2 is 1.87 bits per heavy atom. The van der Waals surface area contributed by atoms with Gasteiger partial charge >= 0.3 is 0 Å². The van der Waals surface area contributed by atoms with E-state index in [1.54, 1.807) is 16.6 Å². The average Bonchev–Trinajstić information content (AvgIpc) is 2.94. The number of halogens is 1. The number of β-amino-alcohol motifs (C(OH)–C–C–N with tert-alkyl or cyclic N) is 1. The SMILES string of the molecule is Cc1nc2ncnn2c(N2CC(O)(c3ccc(F)cc3)C2)c1C. The van der Waals surface area contributed by atoms with E-state index in [0.717, 1.165) is 17.1 Å². The van der Waals surface area contributed by atoms with Crippen LogP contribution in [0.5, 0.6) is 0 Å². The summed E-state index contributed by atoms with van der Waals surface area (Å²) in [5, 5.41) is 15.0. The molecular weight excluding hydrogens is 297 g/mol. The normalized spacial score (nSPS) is 16.6. The van der Waals surface area contributed by atoms with Gasteiger partial charge in [-0.25, -0.2) is 9.37 Å². The topological polar surface area (TPSA) is 66.5 Å². The van der Waals surface area contributed by atoms with Crippen molar-refractivity contribution < 1.29 is 9.50 Å². The third kappa shape index (κ3) is 2.08. The van der Waals surface area contributed by atoms with E-state index in [9.17, 15) is 9.50 Å². The summed E-state index contributed by atoms with van der Waals surface area (Å²) in [5.74, 6) is 1.12.